The van der Waals surface area contributed by atoms with E-state index in [9.17, 15) is 0 Å². The lowest BCUT2D eigenvalue weighted by Crippen LogP contribution is -2.17. The molecular weight excluding hydrogens is 246 g/mol. The molecule has 3 heteroatoms. The van der Waals surface area contributed by atoms with Crippen molar-refractivity contribution in [2.75, 3.05) is 0 Å². The topological polar surface area (TPSA) is 54.7 Å². The van der Waals surface area contributed by atoms with Gasteiger partial charge in [-0.25, -0.2) is 0 Å². The highest BCUT2D eigenvalue weighted by molar-refractivity contribution is 5.84. The predicted octanol–water partition coefficient (Wildman–Crippen LogP) is 3.47. The minimum absolute atomic E-state index is 0.157. The van der Waals surface area contributed by atoms with E-state index in [0.29, 0.717) is 0 Å². The summed E-state index contributed by atoms with van der Waals surface area (Å²) < 4.78 is 2.26. The zero-order valence-corrected chi connectivity index (χ0v) is 12.6. The maximum absolute atomic E-state index is 9.13. The largest absolute Gasteiger partial charge is 0.347 e. The van der Waals surface area contributed by atoms with E-state index in [1.807, 2.05) is 20.8 Å². The van der Waals surface area contributed by atoms with Crippen LogP contribution < -0.4 is 5.73 Å². The molecule has 1 unspecified atom stereocenters. The van der Waals surface area contributed by atoms with E-state index < -0.39 is 0 Å². The average molecular weight is 269 g/mol. The van der Waals surface area contributed by atoms with Crippen LogP contribution in [0.1, 0.15) is 32.8 Å². The summed E-state index contributed by atoms with van der Waals surface area (Å²) in [5.74, 6) is 0. The monoisotopic (exact) mass is 269 g/mol. The van der Waals surface area contributed by atoms with Gasteiger partial charge in [-0.15, -0.1) is 0 Å². The molecular formula is C17H23N3. The van der Waals surface area contributed by atoms with Crippen molar-refractivity contribution in [3.05, 3.63) is 36.0 Å². The third-order valence-electron chi connectivity index (χ3n) is 3.69. The molecule has 0 aliphatic rings. The number of rotatable bonds is 5. The lowest BCUT2D eigenvalue weighted by molar-refractivity contribution is 0.417. The number of hydrogen-bond donors (Lipinski definition) is 1. The summed E-state index contributed by atoms with van der Waals surface area (Å²) in [5, 5.41) is 10.4. The van der Waals surface area contributed by atoms with E-state index in [-0.39, 0.29) is 11.5 Å². The smallest absolute Gasteiger partial charge is 0.0684 e. The Balaban J connectivity index is 2.32. The van der Waals surface area contributed by atoms with E-state index in [1.165, 1.54) is 16.5 Å². The lowest BCUT2D eigenvalue weighted by atomic mass is 9.91. The Kier molecular flexibility index (Phi) is 4.15. The number of benzene rings is 1. The van der Waals surface area contributed by atoms with Gasteiger partial charge in [0, 0.05) is 29.7 Å². The molecule has 0 radical (unpaired) electrons. The predicted molar refractivity (Wildman–Crippen MR) is 83.3 cm³/mol. The van der Waals surface area contributed by atoms with Crippen LogP contribution in [0.2, 0.25) is 0 Å². The molecule has 2 aromatic rings. The molecule has 0 amide bonds. The molecule has 0 saturated carbocycles. The van der Waals surface area contributed by atoms with Crippen molar-refractivity contribution in [3.8, 4) is 6.07 Å². The number of nitrogens with two attached hydrogens (primary N) is 1. The second-order valence-corrected chi connectivity index (χ2v) is 6.29. The average Bonchev–Trinajstić information content (AvgIpc) is 2.75. The molecule has 1 aromatic carbocycles. The maximum Gasteiger partial charge on any atom is 0.0684 e. The van der Waals surface area contributed by atoms with Crippen LogP contribution in [0.25, 0.3) is 10.9 Å². The molecule has 0 fully saturated rings. The van der Waals surface area contributed by atoms with Crippen molar-refractivity contribution in [1.29, 1.82) is 5.26 Å². The zero-order chi connectivity index (χ0) is 14.8. The fraction of sp³-hybridized carbons (Fsp3) is 0.471. The summed E-state index contributed by atoms with van der Waals surface area (Å²) >= 11 is 0. The van der Waals surface area contributed by atoms with Crippen molar-refractivity contribution < 1.29 is 0 Å². The highest BCUT2D eigenvalue weighted by Gasteiger charge is 2.17. The third kappa shape index (κ3) is 3.20. The molecule has 2 rings (SSSR count). The number of para-hydroxylation sites is 1. The number of fused-ring (bicyclic) bond motifs is 1. The summed E-state index contributed by atoms with van der Waals surface area (Å²) in [6.07, 6.45) is 3.93. The maximum atomic E-state index is 9.13. The molecule has 1 heterocycles. The van der Waals surface area contributed by atoms with Gasteiger partial charge in [0.15, 0.2) is 0 Å². The fourth-order valence-electron chi connectivity index (χ4n) is 2.47. The third-order valence-corrected chi connectivity index (χ3v) is 3.69. The van der Waals surface area contributed by atoms with Crippen LogP contribution in [0.4, 0.5) is 0 Å². The summed E-state index contributed by atoms with van der Waals surface area (Å²) in [4.78, 5) is 0. The molecule has 2 N–H and O–H groups in total. The van der Waals surface area contributed by atoms with Gasteiger partial charge in [-0.2, -0.15) is 5.26 Å². The van der Waals surface area contributed by atoms with Crippen LogP contribution in [-0.4, -0.2) is 10.6 Å². The number of aryl methyl sites for hydroxylation is 1. The first-order chi connectivity index (χ1) is 9.43. The number of nitrogens with zero attached hydrogens (tertiary/aromatic N) is 2. The first-order valence-corrected chi connectivity index (χ1v) is 7.16. The Morgan fingerprint density at radius 3 is 2.70 bits per heavy atom. The number of hydrogen-bond acceptors (Lipinski definition) is 2. The van der Waals surface area contributed by atoms with E-state index in [2.05, 4.69) is 41.1 Å². The molecule has 0 saturated heterocycles. The molecule has 1 aromatic heterocycles. The first-order valence-electron chi connectivity index (χ1n) is 7.16. The molecule has 20 heavy (non-hydrogen) atoms. The Morgan fingerprint density at radius 2 is 2.05 bits per heavy atom. The summed E-state index contributed by atoms with van der Waals surface area (Å²) in [6, 6.07) is 10.9. The minimum Gasteiger partial charge on any atom is -0.347 e. The Morgan fingerprint density at radius 1 is 1.35 bits per heavy atom. The lowest BCUT2D eigenvalue weighted by Gasteiger charge is -2.15. The second-order valence-electron chi connectivity index (χ2n) is 6.29. The quantitative estimate of drug-likeness (QED) is 0.903. The van der Waals surface area contributed by atoms with Crippen LogP contribution in [0.3, 0.4) is 0 Å². The highest BCUT2D eigenvalue weighted by Crippen LogP contribution is 2.25. The van der Waals surface area contributed by atoms with E-state index >= 15 is 0 Å². The Hall–Kier alpha value is -1.79. The van der Waals surface area contributed by atoms with Gasteiger partial charge >= 0.3 is 0 Å². The van der Waals surface area contributed by atoms with Crippen LogP contribution in [0, 0.1) is 16.7 Å². The van der Waals surface area contributed by atoms with Gasteiger partial charge in [-0.1, -0.05) is 18.2 Å². The van der Waals surface area contributed by atoms with Gasteiger partial charge in [-0.05, 0) is 45.2 Å². The van der Waals surface area contributed by atoms with Gasteiger partial charge in [-0.3, -0.25) is 0 Å². The Bertz CT molecular complexity index is 629. The standard InChI is InChI=1S/C17H23N3/c1-13(19)10-14-11-20(9-8-17(2,3)12-18)16-7-5-4-6-15(14)16/h4-7,11,13H,8-10,19H2,1-3H3. The number of aromatic nitrogens is 1. The van der Waals surface area contributed by atoms with Crippen molar-refractivity contribution in [2.24, 2.45) is 11.1 Å². The Labute approximate surface area is 121 Å². The number of nitriles is 1. The van der Waals surface area contributed by atoms with Gasteiger partial charge < -0.3 is 10.3 Å². The molecule has 106 valence electrons. The van der Waals surface area contributed by atoms with Gasteiger partial charge in [0.1, 0.15) is 0 Å². The fourth-order valence-corrected chi connectivity index (χ4v) is 2.47. The normalized spacial score (nSPS) is 13.3. The second kappa shape index (κ2) is 5.68. The van der Waals surface area contributed by atoms with Crippen LogP contribution >= 0.6 is 0 Å². The van der Waals surface area contributed by atoms with Gasteiger partial charge in [0.25, 0.3) is 0 Å². The molecule has 0 bridgehead atoms. The highest BCUT2D eigenvalue weighted by atomic mass is 15.0. The van der Waals surface area contributed by atoms with Gasteiger partial charge in [0.05, 0.1) is 11.5 Å². The summed E-state index contributed by atoms with van der Waals surface area (Å²) in [5.41, 5.74) is 8.18. The van der Waals surface area contributed by atoms with E-state index in [1.54, 1.807) is 0 Å². The van der Waals surface area contributed by atoms with Gasteiger partial charge in [0.2, 0.25) is 0 Å². The SMILES string of the molecule is CC(N)Cc1cn(CCC(C)(C)C#N)c2ccccc12. The molecule has 1 atom stereocenters. The van der Waals surface area contributed by atoms with E-state index in [4.69, 9.17) is 11.0 Å². The van der Waals surface area contributed by atoms with Crippen LogP contribution in [0.15, 0.2) is 30.5 Å². The minimum atomic E-state index is -0.285. The molecule has 0 spiro atoms. The van der Waals surface area contributed by atoms with Crippen molar-refractivity contribution in [2.45, 2.75) is 46.2 Å². The van der Waals surface area contributed by atoms with E-state index in [0.717, 1.165) is 19.4 Å². The van der Waals surface area contributed by atoms with Crippen LogP contribution in [0.5, 0.6) is 0 Å². The van der Waals surface area contributed by atoms with Crippen LogP contribution in [-0.2, 0) is 13.0 Å². The molecule has 0 aliphatic carbocycles. The van der Waals surface area contributed by atoms with Crippen molar-refractivity contribution >= 4 is 10.9 Å². The van der Waals surface area contributed by atoms with Crippen molar-refractivity contribution in [1.82, 2.24) is 4.57 Å². The first kappa shape index (κ1) is 14.6. The summed E-state index contributed by atoms with van der Waals surface area (Å²) in [7, 11) is 0. The van der Waals surface area contributed by atoms with Crippen molar-refractivity contribution in [3.63, 3.8) is 0 Å². The zero-order valence-electron chi connectivity index (χ0n) is 12.6. The molecule has 0 aliphatic heterocycles. The summed E-state index contributed by atoms with van der Waals surface area (Å²) in [6.45, 7) is 6.87. The molecule has 3 nitrogen and oxygen atoms in total.